The molecule has 2 aliphatic carbocycles. The molecule has 1 aromatic carbocycles. The van der Waals surface area contributed by atoms with Crippen molar-refractivity contribution in [3.05, 3.63) is 60.2 Å². The van der Waals surface area contributed by atoms with Gasteiger partial charge in [-0.1, -0.05) is 48.6 Å². The molecule has 2 bridgehead atoms. The van der Waals surface area contributed by atoms with Gasteiger partial charge in [0.05, 0.1) is 6.07 Å². The van der Waals surface area contributed by atoms with E-state index in [-0.39, 0.29) is 5.78 Å². The molecule has 2 heteroatoms. The van der Waals surface area contributed by atoms with E-state index in [0.29, 0.717) is 36.5 Å². The number of benzene rings is 1. The van der Waals surface area contributed by atoms with Gasteiger partial charge in [0.25, 0.3) is 0 Å². The van der Waals surface area contributed by atoms with Crippen LogP contribution in [0.5, 0.6) is 0 Å². The van der Waals surface area contributed by atoms with Crippen molar-refractivity contribution in [1.82, 2.24) is 0 Å². The second-order valence-electron chi connectivity index (χ2n) is 6.04. The molecule has 4 atom stereocenters. The Kier molecular flexibility index (Phi) is 4.01. The quantitative estimate of drug-likeness (QED) is 0.608. The molecule has 0 aromatic heterocycles. The van der Waals surface area contributed by atoms with Crippen LogP contribution in [0.25, 0.3) is 0 Å². The van der Waals surface area contributed by atoms with Gasteiger partial charge in [-0.3, -0.25) is 4.79 Å². The fourth-order valence-corrected chi connectivity index (χ4v) is 3.72. The zero-order valence-electron chi connectivity index (χ0n) is 12.0. The number of hydrogen-bond donors (Lipinski definition) is 0. The van der Waals surface area contributed by atoms with Gasteiger partial charge in [-0.05, 0) is 41.7 Å². The van der Waals surface area contributed by atoms with Crippen molar-refractivity contribution in [1.29, 1.82) is 5.26 Å². The third-order valence-electron chi connectivity index (χ3n) is 4.74. The first kappa shape index (κ1) is 13.8. The van der Waals surface area contributed by atoms with Gasteiger partial charge < -0.3 is 0 Å². The number of carbonyl (C=O) groups is 1. The molecule has 3 rings (SSSR count). The SMILES string of the molecule is N#CCC1C(C=CC(=O)Cc2ccccc2)[C@H]2C=C[C@H]1C2. The summed E-state index contributed by atoms with van der Waals surface area (Å²) in [6.45, 7) is 0. The van der Waals surface area contributed by atoms with Crippen molar-refractivity contribution in [3.8, 4) is 6.07 Å². The molecule has 0 heterocycles. The minimum absolute atomic E-state index is 0.142. The number of fused-ring (bicyclic) bond motifs is 2. The molecule has 0 amide bonds. The molecule has 0 N–H and O–H groups in total. The minimum atomic E-state index is 0.142. The summed E-state index contributed by atoms with van der Waals surface area (Å²) in [4.78, 5) is 12.1. The number of rotatable bonds is 5. The molecule has 2 nitrogen and oxygen atoms in total. The smallest absolute Gasteiger partial charge is 0.159 e. The van der Waals surface area contributed by atoms with E-state index in [0.717, 1.165) is 12.0 Å². The van der Waals surface area contributed by atoms with E-state index in [9.17, 15) is 4.79 Å². The maximum absolute atomic E-state index is 12.1. The van der Waals surface area contributed by atoms with Gasteiger partial charge >= 0.3 is 0 Å². The standard InChI is InChI=1S/C19H19NO/c20-11-10-19-16-7-6-15(13-16)18(19)9-8-17(21)12-14-4-2-1-3-5-14/h1-9,15-16,18-19H,10,12-13H2/t15-,16-,18?,19?/m0/s1. The lowest BCUT2D eigenvalue weighted by atomic mass is 9.81. The maximum atomic E-state index is 12.1. The molecule has 1 aromatic rings. The summed E-state index contributed by atoms with van der Waals surface area (Å²) in [5.74, 6) is 1.96. The number of nitrogens with zero attached hydrogens (tertiary/aromatic N) is 1. The maximum Gasteiger partial charge on any atom is 0.159 e. The molecule has 0 aliphatic heterocycles. The Labute approximate surface area is 125 Å². The predicted octanol–water partition coefficient (Wildman–Crippen LogP) is 3.71. The van der Waals surface area contributed by atoms with Crippen LogP contribution in [0, 0.1) is 35.0 Å². The first-order valence-electron chi connectivity index (χ1n) is 7.58. The Bertz CT molecular complexity index is 608. The Morgan fingerprint density at radius 3 is 2.76 bits per heavy atom. The molecule has 0 spiro atoms. The summed E-state index contributed by atoms with van der Waals surface area (Å²) in [7, 11) is 0. The van der Waals surface area contributed by atoms with Gasteiger partial charge in [0.2, 0.25) is 0 Å². The number of hydrogen-bond acceptors (Lipinski definition) is 2. The summed E-state index contributed by atoms with van der Waals surface area (Å²) in [5.41, 5.74) is 1.05. The number of allylic oxidation sites excluding steroid dienone is 4. The lowest BCUT2D eigenvalue weighted by Gasteiger charge is -2.23. The molecular formula is C19H19NO. The zero-order chi connectivity index (χ0) is 14.7. The summed E-state index contributed by atoms with van der Waals surface area (Å²) in [6.07, 6.45) is 10.5. The predicted molar refractivity (Wildman–Crippen MR) is 82.2 cm³/mol. The molecule has 106 valence electrons. The lowest BCUT2D eigenvalue weighted by Crippen LogP contribution is -2.17. The van der Waals surface area contributed by atoms with Gasteiger partial charge in [0.1, 0.15) is 0 Å². The van der Waals surface area contributed by atoms with Crippen LogP contribution in [0.2, 0.25) is 0 Å². The van der Waals surface area contributed by atoms with Crippen molar-refractivity contribution in [2.45, 2.75) is 19.3 Å². The van der Waals surface area contributed by atoms with E-state index < -0.39 is 0 Å². The fraction of sp³-hybridized carbons (Fsp3) is 0.368. The van der Waals surface area contributed by atoms with Gasteiger partial charge in [-0.25, -0.2) is 0 Å². The van der Waals surface area contributed by atoms with Crippen molar-refractivity contribution >= 4 is 5.78 Å². The van der Waals surface area contributed by atoms with E-state index in [2.05, 4.69) is 24.3 Å². The first-order chi connectivity index (χ1) is 10.3. The van der Waals surface area contributed by atoms with E-state index in [1.165, 1.54) is 0 Å². The topological polar surface area (TPSA) is 40.9 Å². The monoisotopic (exact) mass is 277 g/mol. The third-order valence-corrected chi connectivity index (χ3v) is 4.74. The fourth-order valence-electron chi connectivity index (χ4n) is 3.72. The number of carbonyl (C=O) groups excluding carboxylic acids is 1. The molecule has 1 fully saturated rings. The zero-order valence-corrected chi connectivity index (χ0v) is 12.0. The molecule has 0 radical (unpaired) electrons. The van der Waals surface area contributed by atoms with Gasteiger partial charge in [0, 0.05) is 12.8 Å². The van der Waals surface area contributed by atoms with Crippen molar-refractivity contribution in [3.63, 3.8) is 0 Å². The van der Waals surface area contributed by atoms with E-state index in [4.69, 9.17) is 5.26 Å². The van der Waals surface area contributed by atoms with Gasteiger partial charge in [0.15, 0.2) is 5.78 Å². The number of ketones is 1. The largest absolute Gasteiger partial charge is 0.294 e. The van der Waals surface area contributed by atoms with Crippen LogP contribution in [0.1, 0.15) is 18.4 Å². The normalized spacial score (nSPS) is 29.9. The highest BCUT2D eigenvalue weighted by Gasteiger charge is 2.42. The van der Waals surface area contributed by atoms with Crippen LogP contribution in [0.3, 0.4) is 0 Å². The Morgan fingerprint density at radius 2 is 2.00 bits per heavy atom. The molecule has 21 heavy (non-hydrogen) atoms. The van der Waals surface area contributed by atoms with E-state index >= 15 is 0 Å². The number of nitriles is 1. The van der Waals surface area contributed by atoms with E-state index in [1.54, 1.807) is 6.08 Å². The average Bonchev–Trinajstić information content (AvgIpc) is 3.08. The van der Waals surface area contributed by atoms with Gasteiger partial charge in [-0.2, -0.15) is 5.26 Å². The van der Waals surface area contributed by atoms with Crippen LogP contribution in [0.15, 0.2) is 54.6 Å². The van der Waals surface area contributed by atoms with Crippen molar-refractivity contribution < 1.29 is 4.79 Å². The van der Waals surface area contributed by atoms with Gasteiger partial charge in [-0.15, -0.1) is 0 Å². The molecule has 0 saturated heterocycles. The Hall–Kier alpha value is -2.14. The van der Waals surface area contributed by atoms with Crippen LogP contribution in [-0.2, 0) is 11.2 Å². The third kappa shape index (κ3) is 2.97. The van der Waals surface area contributed by atoms with Crippen molar-refractivity contribution in [2.24, 2.45) is 23.7 Å². The highest BCUT2D eigenvalue weighted by Crippen LogP contribution is 2.49. The second kappa shape index (κ2) is 6.10. The minimum Gasteiger partial charge on any atom is -0.294 e. The summed E-state index contributed by atoms with van der Waals surface area (Å²) in [6, 6.07) is 12.1. The van der Waals surface area contributed by atoms with Crippen LogP contribution >= 0.6 is 0 Å². The molecular weight excluding hydrogens is 258 g/mol. The first-order valence-corrected chi connectivity index (χ1v) is 7.58. The van der Waals surface area contributed by atoms with Crippen molar-refractivity contribution in [2.75, 3.05) is 0 Å². The molecule has 2 unspecified atom stereocenters. The highest BCUT2D eigenvalue weighted by atomic mass is 16.1. The second-order valence-corrected chi connectivity index (χ2v) is 6.04. The lowest BCUT2D eigenvalue weighted by molar-refractivity contribution is -0.114. The summed E-state index contributed by atoms with van der Waals surface area (Å²) >= 11 is 0. The average molecular weight is 277 g/mol. The molecule has 2 aliphatic rings. The van der Waals surface area contributed by atoms with Crippen LogP contribution in [0.4, 0.5) is 0 Å². The van der Waals surface area contributed by atoms with Crippen LogP contribution in [-0.4, -0.2) is 5.78 Å². The Morgan fingerprint density at radius 1 is 1.24 bits per heavy atom. The highest BCUT2D eigenvalue weighted by molar-refractivity contribution is 5.91. The molecule has 1 saturated carbocycles. The van der Waals surface area contributed by atoms with Crippen LogP contribution < -0.4 is 0 Å². The summed E-state index contributed by atoms with van der Waals surface area (Å²) < 4.78 is 0. The Balaban J connectivity index is 1.64. The van der Waals surface area contributed by atoms with E-state index in [1.807, 2.05) is 30.3 Å². The summed E-state index contributed by atoms with van der Waals surface area (Å²) in [5, 5.41) is 8.98.